The second kappa shape index (κ2) is 6.49. The minimum absolute atomic E-state index is 0.388. The lowest BCUT2D eigenvalue weighted by Gasteiger charge is -2.30. The van der Waals surface area contributed by atoms with E-state index in [0.29, 0.717) is 18.4 Å². The van der Waals surface area contributed by atoms with E-state index in [1.165, 1.54) is 0 Å². The molecule has 114 valence electrons. The second-order valence-corrected chi connectivity index (χ2v) is 5.57. The molecule has 3 rings (SSSR count). The summed E-state index contributed by atoms with van der Waals surface area (Å²) in [4.78, 5) is 6.55. The van der Waals surface area contributed by atoms with Gasteiger partial charge in [-0.05, 0) is 0 Å². The van der Waals surface area contributed by atoms with Gasteiger partial charge in [0.25, 0.3) is 0 Å². The van der Waals surface area contributed by atoms with Crippen molar-refractivity contribution < 1.29 is 4.74 Å². The van der Waals surface area contributed by atoms with Crippen molar-refractivity contribution >= 4 is 11.6 Å². The van der Waals surface area contributed by atoms with Gasteiger partial charge in [0.15, 0.2) is 5.15 Å². The maximum Gasteiger partial charge on any atom is 0.153 e. The van der Waals surface area contributed by atoms with Crippen LogP contribution in [0.1, 0.15) is 11.7 Å². The molecule has 1 aromatic carbocycles. The number of aromatic nitrogens is 2. The van der Waals surface area contributed by atoms with E-state index in [-0.39, 0.29) is 0 Å². The van der Waals surface area contributed by atoms with Crippen LogP contribution in [0.25, 0.3) is 11.4 Å². The molecular weight excluding hydrogens is 300 g/mol. The van der Waals surface area contributed by atoms with Gasteiger partial charge in [0.05, 0.1) is 25.0 Å². The quantitative estimate of drug-likeness (QED) is 0.873. The molecule has 0 spiro atoms. The molecule has 6 heteroatoms. The topological polar surface area (TPSA) is 54.1 Å². The number of halogens is 1. The molecule has 1 aliphatic rings. The largest absolute Gasteiger partial charge is 0.379 e. The summed E-state index contributed by atoms with van der Waals surface area (Å²) in [5.74, 6) is 0.772. The van der Waals surface area contributed by atoms with Gasteiger partial charge in [-0.15, -0.1) is 0 Å². The second-order valence-electron chi connectivity index (χ2n) is 5.22. The first-order chi connectivity index (χ1) is 10.7. The highest BCUT2D eigenvalue weighted by atomic mass is 35.5. The highest BCUT2D eigenvalue weighted by molar-refractivity contribution is 6.30. The molecule has 0 radical (unpaired) electrons. The molecule has 0 bridgehead atoms. The van der Waals surface area contributed by atoms with Crippen LogP contribution in [0, 0.1) is 11.3 Å². The van der Waals surface area contributed by atoms with Crippen molar-refractivity contribution in [2.75, 3.05) is 26.3 Å². The zero-order valence-corrected chi connectivity index (χ0v) is 13.1. The predicted molar refractivity (Wildman–Crippen MR) is 84.4 cm³/mol. The Hall–Kier alpha value is -1.87. The number of hydrogen-bond donors (Lipinski definition) is 0. The average molecular weight is 317 g/mol. The van der Waals surface area contributed by atoms with Crippen LogP contribution < -0.4 is 0 Å². The van der Waals surface area contributed by atoms with Gasteiger partial charge < -0.3 is 9.30 Å². The number of nitriles is 1. The number of hydrogen-bond acceptors (Lipinski definition) is 4. The summed E-state index contributed by atoms with van der Waals surface area (Å²) >= 11 is 6.35. The molecular formula is C16H17ClN4O. The smallest absolute Gasteiger partial charge is 0.153 e. The molecule has 1 saturated heterocycles. The number of nitrogens with zero attached hydrogens (tertiary/aromatic N) is 4. The molecule has 2 heterocycles. The van der Waals surface area contributed by atoms with Crippen LogP contribution in [-0.4, -0.2) is 40.8 Å². The summed E-state index contributed by atoms with van der Waals surface area (Å²) in [6, 6.07) is 11.8. The van der Waals surface area contributed by atoms with Crippen molar-refractivity contribution in [3.05, 3.63) is 41.2 Å². The van der Waals surface area contributed by atoms with Crippen LogP contribution in [0.4, 0.5) is 0 Å². The van der Waals surface area contributed by atoms with Crippen LogP contribution in [0.2, 0.25) is 5.15 Å². The van der Waals surface area contributed by atoms with Crippen molar-refractivity contribution in [3.8, 4) is 17.5 Å². The summed E-state index contributed by atoms with van der Waals surface area (Å²) < 4.78 is 7.28. The molecule has 1 fully saturated rings. The van der Waals surface area contributed by atoms with Gasteiger partial charge >= 0.3 is 0 Å². The van der Waals surface area contributed by atoms with Crippen LogP contribution in [-0.2, 0) is 11.8 Å². The van der Waals surface area contributed by atoms with Crippen molar-refractivity contribution in [1.29, 1.82) is 5.26 Å². The highest BCUT2D eigenvalue weighted by Gasteiger charge is 2.29. The van der Waals surface area contributed by atoms with E-state index in [1.807, 2.05) is 41.9 Å². The Bertz CT molecular complexity index is 686. The first kappa shape index (κ1) is 15.0. The van der Waals surface area contributed by atoms with Gasteiger partial charge in [-0.25, -0.2) is 4.98 Å². The van der Waals surface area contributed by atoms with Gasteiger partial charge in [-0.2, -0.15) is 5.26 Å². The monoisotopic (exact) mass is 316 g/mol. The van der Waals surface area contributed by atoms with E-state index < -0.39 is 6.04 Å². The molecule has 5 nitrogen and oxygen atoms in total. The lowest BCUT2D eigenvalue weighted by molar-refractivity contribution is 0.0255. The summed E-state index contributed by atoms with van der Waals surface area (Å²) in [6.07, 6.45) is 0. The molecule has 1 atom stereocenters. The van der Waals surface area contributed by atoms with Crippen molar-refractivity contribution in [2.24, 2.45) is 7.05 Å². The lowest BCUT2D eigenvalue weighted by Crippen LogP contribution is -2.39. The molecule has 1 unspecified atom stereocenters. The number of ether oxygens (including phenoxy) is 1. The lowest BCUT2D eigenvalue weighted by atomic mass is 10.2. The molecule has 1 aromatic heterocycles. The standard InChI is InChI=1S/C16H17ClN4O/c1-20-14(13(11-18)21-7-9-22-10-8-21)15(17)19-16(20)12-5-3-2-4-6-12/h2-6,13H,7-10H2,1H3. The van der Waals surface area contributed by atoms with E-state index in [2.05, 4.69) is 16.0 Å². The summed E-state index contributed by atoms with van der Waals surface area (Å²) in [5, 5.41) is 10.0. The summed E-state index contributed by atoms with van der Waals surface area (Å²) in [7, 11) is 1.90. The maximum atomic E-state index is 9.63. The molecule has 22 heavy (non-hydrogen) atoms. The molecule has 0 amide bonds. The van der Waals surface area contributed by atoms with Gasteiger partial charge in [0, 0.05) is 25.7 Å². The fourth-order valence-corrected chi connectivity index (χ4v) is 3.08. The maximum absolute atomic E-state index is 9.63. The molecule has 2 aromatic rings. The SMILES string of the molecule is Cn1c(-c2ccccc2)nc(Cl)c1C(C#N)N1CCOCC1. The third-order valence-corrected chi connectivity index (χ3v) is 4.20. The Morgan fingerprint density at radius 2 is 1.95 bits per heavy atom. The molecule has 0 aliphatic carbocycles. The van der Waals surface area contributed by atoms with Crippen molar-refractivity contribution in [2.45, 2.75) is 6.04 Å². The molecule has 1 aliphatic heterocycles. The van der Waals surface area contributed by atoms with Gasteiger partial charge in [-0.3, -0.25) is 4.90 Å². The Balaban J connectivity index is 2.00. The molecule has 0 saturated carbocycles. The Kier molecular flexibility index (Phi) is 4.44. The van der Waals surface area contributed by atoms with E-state index in [1.54, 1.807) is 0 Å². The van der Waals surface area contributed by atoms with Crippen LogP contribution >= 0.6 is 11.6 Å². The predicted octanol–water partition coefficient (Wildman–Crippen LogP) is 2.64. The van der Waals surface area contributed by atoms with Gasteiger partial charge in [0.1, 0.15) is 11.9 Å². The number of benzene rings is 1. The molecule has 0 N–H and O–H groups in total. The first-order valence-electron chi connectivity index (χ1n) is 7.21. The van der Waals surface area contributed by atoms with E-state index >= 15 is 0 Å². The Morgan fingerprint density at radius 3 is 2.59 bits per heavy atom. The average Bonchev–Trinajstić information content (AvgIpc) is 2.86. The fraction of sp³-hybridized carbons (Fsp3) is 0.375. The zero-order chi connectivity index (χ0) is 15.5. The highest BCUT2D eigenvalue weighted by Crippen LogP contribution is 2.31. The Labute approximate surface area is 134 Å². The minimum Gasteiger partial charge on any atom is -0.379 e. The van der Waals surface area contributed by atoms with E-state index in [4.69, 9.17) is 16.3 Å². The Morgan fingerprint density at radius 1 is 1.27 bits per heavy atom. The van der Waals surface area contributed by atoms with Crippen LogP contribution in [0.15, 0.2) is 30.3 Å². The minimum atomic E-state index is -0.411. The summed E-state index contributed by atoms with van der Waals surface area (Å²) in [6.45, 7) is 2.72. The van der Waals surface area contributed by atoms with Crippen LogP contribution in [0.5, 0.6) is 0 Å². The van der Waals surface area contributed by atoms with Crippen molar-refractivity contribution in [1.82, 2.24) is 14.5 Å². The normalized spacial score (nSPS) is 17.1. The number of imidazole rings is 1. The zero-order valence-electron chi connectivity index (χ0n) is 12.4. The van der Waals surface area contributed by atoms with Gasteiger partial charge in [-0.1, -0.05) is 41.9 Å². The fourth-order valence-electron chi connectivity index (χ4n) is 2.77. The van der Waals surface area contributed by atoms with Crippen molar-refractivity contribution in [3.63, 3.8) is 0 Å². The number of rotatable bonds is 3. The number of morpholine rings is 1. The first-order valence-corrected chi connectivity index (χ1v) is 7.59. The van der Waals surface area contributed by atoms with Crippen LogP contribution in [0.3, 0.4) is 0 Å². The third-order valence-electron chi connectivity index (χ3n) is 3.92. The third kappa shape index (κ3) is 2.73. The van der Waals surface area contributed by atoms with Gasteiger partial charge in [0.2, 0.25) is 0 Å². The van der Waals surface area contributed by atoms with E-state index in [0.717, 1.165) is 30.2 Å². The summed E-state index contributed by atoms with van der Waals surface area (Å²) in [5.41, 5.74) is 1.72. The van der Waals surface area contributed by atoms with E-state index in [9.17, 15) is 5.26 Å².